The lowest BCUT2D eigenvalue weighted by Crippen LogP contribution is -2.49. The Balaban J connectivity index is 1.12. The maximum Gasteiger partial charge on any atom is 0.254 e. The van der Waals surface area contributed by atoms with Gasteiger partial charge < -0.3 is 14.8 Å². The summed E-state index contributed by atoms with van der Waals surface area (Å²) in [6.07, 6.45) is 7.53. The predicted molar refractivity (Wildman–Crippen MR) is 132 cm³/mol. The van der Waals surface area contributed by atoms with Crippen LogP contribution >= 0.6 is 23.2 Å². The fourth-order valence-electron chi connectivity index (χ4n) is 5.40. The molecule has 2 aliphatic heterocycles. The summed E-state index contributed by atoms with van der Waals surface area (Å²) < 4.78 is 0. The van der Waals surface area contributed by atoms with E-state index in [-0.39, 0.29) is 5.91 Å². The molecule has 0 unspecified atom stereocenters. The monoisotopic (exact) mass is 469 g/mol. The van der Waals surface area contributed by atoms with E-state index in [1.807, 2.05) is 47.5 Å². The summed E-state index contributed by atoms with van der Waals surface area (Å²) in [6.45, 7) is 3.97. The SMILES string of the molecule is O=C(c1cccc2[nH]ccc12)N1CCC(N2CCC(Cc3ccc(Cl)c(Cl)c3)CC2)CC1. The number of aromatic amines is 1. The number of nitrogens with zero attached hydrogens (tertiary/aromatic N) is 2. The van der Waals surface area contributed by atoms with E-state index < -0.39 is 0 Å². The number of hydrogen-bond donors (Lipinski definition) is 1. The Hall–Kier alpha value is -2.01. The number of rotatable bonds is 4. The first-order valence-corrected chi connectivity index (χ1v) is 12.4. The third-order valence-electron chi connectivity index (χ3n) is 7.25. The number of halogens is 2. The molecule has 6 heteroatoms. The second-order valence-electron chi connectivity index (χ2n) is 9.20. The van der Waals surface area contributed by atoms with Gasteiger partial charge in [0.2, 0.25) is 0 Å². The van der Waals surface area contributed by atoms with Gasteiger partial charge in [0.15, 0.2) is 0 Å². The third kappa shape index (κ3) is 4.54. The number of carbonyl (C=O) groups is 1. The van der Waals surface area contributed by atoms with Crippen LogP contribution in [-0.4, -0.2) is 52.9 Å². The van der Waals surface area contributed by atoms with Gasteiger partial charge in [-0.25, -0.2) is 0 Å². The maximum atomic E-state index is 13.1. The molecule has 0 radical (unpaired) electrons. The molecule has 1 aromatic heterocycles. The molecular weight excluding hydrogens is 441 g/mol. The average Bonchev–Trinajstić information content (AvgIpc) is 3.31. The molecule has 5 rings (SSSR count). The minimum Gasteiger partial charge on any atom is -0.361 e. The number of piperidine rings is 2. The summed E-state index contributed by atoms with van der Waals surface area (Å²) in [5.74, 6) is 0.862. The summed E-state index contributed by atoms with van der Waals surface area (Å²) in [5.41, 5.74) is 3.11. The summed E-state index contributed by atoms with van der Waals surface area (Å²) in [4.78, 5) is 21.0. The van der Waals surface area contributed by atoms with Crippen molar-refractivity contribution in [2.45, 2.75) is 38.1 Å². The van der Waals surface area contributed by atoms with Crippen LogP contribution in [0.1, 0.15) is 41.6 Å². The molecule has 0 aliphatic carbocycles. The zero-order valence-electron chi connectivity index (χ0n) is 18.2. The summed E-state index contributed by atoms with van der Waals surface area (Å²) in [7, 11) is 0. The van der Waals surface area contributed by atoms with Gasteiger partial charge >= 0.3 is 0 Å². The minimum atomic E-state index is 0.161. The molecule has 168 valence electrons. The molecule has 2 saturated heterocycles. The lowest BCUT2D eigenvalue weighted by molar-refractivity contribution is 0.0554. The van der Waals surface area contributed by atoms with Crippen LogP contribution in [0, 0.1) is 5.92 Å². The van der Waals surface area contributed by atoms with E-state index in [4.69, 9.17) is 23.2 Å². The average molecular weight is 470 g/mol. The van der Waals surface area contributed by atoms with Crippen molar-refractivity contribution in [2.75, 3.05) is 26.2 Å². The first-order chi connectivity index (χ1) is 15.6. The smallest absolute Gasteiger partial charge is 0.254 e. The van der Waals surface area contributed by atoms with E-state index in [0.29, 0.717) is 22.0 Å². The van der Waals surface area contributed by atoms with Gasteiger partial charge in [0.05, 0.1) is 10.0 Å². The Morgan fingerprint density at radius 2 is 1.72 bits per heavy atom. The molecular formula is C26H29Cl2N3O. The molecule has 2 aliphatic rings. The van der Waals surface area contributed by atoms with E-state index in [9.17, 15) is 4.79 Å². The summed E-state index contributed by atoms with van der Waals surface area (Å²) in [6, 6.07) is 14.5. The number of aromatic nitrogens is 1. The molecule has 0 spiro atoms. The van der Waals surface area contributed by atoms with Crippen molar-refractivity contribution in [3.05, 3.63) is 69.8 Å². The van der Waals surface area contributed by atoms with Crippen molar-refractivity contribution in [1.82, 2.24) is 14.8 Å². The Morgan fingerprint density at radius 1 is 0.938 bits per heavy atom. The van der Waals surface area contributed by atoms with E-state index in [2.05, 4.69) is 16.0 Å². The highest BCUT2D eigenvalue weighted by Gasteiger charge is 2.30. The van der Waals surface area contributed by atoms with E-state index >= 15 is 0 Å². The Morgan fingerprint density at radius 3 is 2.47 bits per heavy atom. The van der Waals surface area contributed by atoms with Gasteiger partial charge in [0.1, 0.15) is 0 Å². The van der Waals surface area contributed by atoms with Gasteiger partial charge in [-0.15, -0.1) is 0 Å². The number of H-pyrrole nitrogens is 1. The second-order valence-corrected chi connectivity index (χ2v) is 10.0. The quantitative estimate of drug-likeness (QED) is 0.506. The Bertz CT molecular complexity index is 1100. The first kappa shape index (κ1) is 21.8. The topological polar surface area (TPSA) is 39.3 Å². The van der Waals surface area contributed by atoms with E-state index in [1.165, 1.54) is 18.4 Å². The van der Waals surface area contributed by atoms with Crippen LogP contribution in [0.15, 0.2) is 48.7 Å². The number of likely N-dealkylation sites (tertiary alicyclic amines) is 2. The van der Waals surface area contributed by atoms with Crippen LogP contribution in [-0.2, 0) is 6.42 Å². The van der Waals surface area contributed by atoms with Crippen molar-refractivity contribution in [3.8, 4) is 0 Å². The fourth-order valence-corrected chi connectivity index (χ4v) is 5.72. The third-order valence-corrected chi connectivity index (χ3v) is 7.99. The van der Waals surface area contributed by atoms with Crippen LogP contribution in [0.4, 0.5) is 0 Å². The van der Waals surface area contributed by atoms with Gasteiger partial charge in [0, 0.05) is 41.8 Å². The Labute approximate surface area is 199 Å². The van der Waals surface area contributed by atoms with Gasteiger partial charge in [-0.1, -0.05) is 35.3 Å². The molecule has 0 saturated carbocycles. The molecule has 2 fully saturated rings. The zero-order chi connectivity index (χ0) is 22.1. The molecule has 0 atom stereocenters. The van der Waals surface area contributed by atoms with Crippen LogP contribution < -0.4 is 0 Å². The van der Waals surface area contributed by atoms with Gasteiger partial charge in [-0.3, -0.25) is 4.79 Å². The van der Waals surface area contributed by atoms with Crippen molar-refractivity contribution in [2.24, 2.45) is 5.92 Å². The predicted octanol–water partition coefficient (Wildman–Crippen LogP) is 6.03. The van der Waals surface area contributed by atoms with Crippen molar-refractivity contribution in [3.63, 3.8) is 0 Å². The minimum absolute atomic E-state index is 0.161. The molecule has 3 heterocycles. The highest BCUT2D eigenvalue weighted by molar-refractivity contribution is 6.42. The number of carbonyl (C=O) groups excluding carboxylic acids is 1. The van der Waals surface area contributed by atoms with Crippen molar-refractivity contribution < 1.29 is 4.79 Å². The number of amides is 1. The highest BCUT2D eigenvalue weighted by Crippen LogP contribution is 2.29. The molecule has 3 aromatic rings. The van der Waals surface area contributed by atoms with Crippen LogP contribution in [0.3, 0.4) is 0 Å². The summed E-state index contributed by atoms with van der Waals surface area (Å²) in [5, 5.41) is 2.29. The molecule has 2 aromatic carbocycles. The number of fused-ring (bicyclic) bond motifs is 1. The van der Waals surface area contributed by atoms with Crippen LogP contribution in [0.25, 0.3) is 10.9 Å². The largest absolute Gasteiger partial charge is 0.361 e. The zero-order valence-corrected chi connectivity index (χ0v) is 19.7. The fraction of sp³-hybridized carbons (Fsp3) is 0.423. The molecule has 1 N–H and O–H groups in total. The lowest BCUT2D eigenvalue weighted by Gasteiger charge is -2.42. The Kier molecular flexibility index (Phi) is 6.45. The molecule has 0 bridgehead atoms. The lowest BCUT2D eigenvalue weighted by atomic mass is 9.88. The number of benzene rings is 2. The standard InChI is InChI=1S/C26H29Cl2N3O/c27-23-5-4-19(17-24(23)28)16-18-7-12-30(13-8-18)20-9-14-31(15-10-20)26(32)22-2-1-3-25-21(22)6-11-29-25/h1-6,11,17-18,20,29H,7-10,12-16H2. The van der Waals surface area contributed by atoms with Crippen molar-refractivity contribution in [1.29, 1.82) is 0 Å². The number of hydrogen-bond acceptors (Lipinski definition) is 2. The van der Waals surface area contributed by atoms with Gasteiger partial charge in [-0.05, 0) is 87.0 Å². The first-order valence-electron chi connectivity index (χ1n) is 11.6. The highest BCUT2D eigenvalue weighted by atomic mass is 35.5. The second kappa shape index (κ2) is 9.46. The van der Waals surface area contributed by atoms with E-state index in [0.717, 1.165) is 61.9 Å². The molecule has 4 nitrogen and oxygen atoms in total. The van der Waals surface area contributed by atoms with E-state index in [1.54, 1.807) is 0 Å². The van der Waals surface area contributed by atoms with Crippen LogP contribution in [0.2, 0.25) is 10.0 Å². The van der Waals surface area contributed by atoms with Crippen molar-refractivity contribution >= 4 is 40.0 Å². The normalized spacial score (nSPS) is 19.0. The van der Waals surface area contributed by atoms with Crippen LogP contribution in [0.5, 0.6) is 0 Å². The number of nitrogens with one attached hydrogen (secondary N) is 1. The summed E-state index contributed by atoms with van der Waals surface area (Å²) >= 11 is 12.2. The van der Waals surface area contributed by atoms with Gasteiger partial charge in [0.25, 0.3) is 5.91 Å². The molecule has 1 amide bonds. The molecule has 32 heavy (non-hydrogen) atoms. The van der Waals surface area contributed by atoms with Gasteiger partial charge in [-0.2, -0.15) is 0 Å². The maximum absolute atomic E-state index is 13.1.